The summed E-state index contributed by atoms with van der Waals surface area (Å²) in [5, 5.41) is 0. The maximum atomic E-state index is 11.9. The second kappa shape index (κ2) is 14.3. The Labute approximate surface area is 148 Å². The van der Waals surface area contributed by atoms with Crippen LogP contribution in [0.4, 0.5) is 0 Å². The van der Waals surface area contributed by atoms with E-state index >= 15 is 0 Å². The lowest BCUT2D eigenvalue weighted by Crippen LogP contribution is -2.19. The van der Waals surface area contributed by atoms with Crippen molar-refractivity contribution in [2.75, 3.05) is 6.61 Å². The van der Waals surface area contributed by atoms with Gasteiger partial charge in [0.2, 0.25) is 0 Å². The van der Waals surface area contributed by atoms with E-state index in [-0.39, 0.29) is 30.9 Å². The third-order valence-corrected chi connectivity index (χ3v) is 4.53. The average molecular weight is 343 g/mol. The lowest BCUT2D eigenvalue weighted by atomic mass is 9.95. The highest BCUT2D eigenvalue weighted by Crippen LogP contribution is 2.19. The first-order chi connectivity index (χ1) is 11.4. The first-order valence-corrected chi connectivity index (χ1v) is 9.77. The van der Waals surface area contributed by atoms with E-state index < -0.39 is 0 Å². The van der Waals surface area contributed by atoms with Gasteiger partial charge < -0.3 is 9.47 Å². The van der Waals surface area contributed by atoms with Crippen LogP contribution in [-0.2, 0) is 19.1 Å². The van der Waals surface area contributed by atoms with Crippen molar-refractivity contribution >= 4 is 11.9 Å². The Kier molecular flexibility index (Phi) is 13.7. The molecule has 4 nitrogen and oxygen atoms in total. The second-order valence-electron chi connectivity index (χ2n) is 7.04. The smallest absolute Gasteiger partial charge is 0.306 e. The molecule has 0 heterocycles. The molecule has 0 aliphatic rings. The zero-order valence-electron chi connectivity index (χ0n) is 16.4. The lowest BCUT2D eigenvalue weighted by molar-refractivity contribution is -0.154. The minimum atomic E-state index is -0.305. The zero-order valence-corrected chi connectivity index (χ0v) is 16.4. The normalized spacial score (nSPS) is 12.5. The molecule has 0 saturated carbocycles. The third-order valence-electron chi connectivity index (χ3n) is 4.53. The monoisotopic (exact) mass is 342 g/mol. The van der Waals surface area contributed by atoms with Gasteiger partial charge in [0.15, 0.2) is 0 Å². The fraction of sp³-hybridized carbons (Fsp3) is 0.900. The summed E-state index contributed by atoms with van der Waals surface area (Å²) in [6, 6.07) is 0. The van der Waals surface area contributed by atoms with Gasteiger partial charge in [0.05, 0.1) is 19.4 Å². The maximum absolute atomic E-state index is 11.9. The predicted octanol–water partition coefficient (Wildman–Crippen LogP) is 5.28. The van der Waals surface area contributed by atoms with Gasteiger partial charge in [-0.1, -0.05) is 47.5 Å². The molecule has 142 valence electrons. The molecule has 0 aromatic heterocycles. The van der Waals surface area contributed by atoms with E-state index in [0.29, 0.717) is 18.4 Å². The molecule has 0 amide bonds. The third kappa shape index (κ3) is 12.4. The van der Waals surface area contributed by atoms with E-state index in [2.05, 4.69) is 27.7 Å². The van der Waals surface area contributed by atoms with Gasteiger partial charge in [-0.25, -0.2) is 0 Å². The fourth-order valence-electron chi connectivity index (χ4n) is 2.66. The number of esters is 2. The molecule has 24 heavy (non-hydrogen) atoms. The van der Waals surface area contributed by atoms with Crippen molar-refractivity contribution in [1.82, 2.24) is 0 Å². The van der Waals surface area contributed by atoms with Crippen LogP contribution in [0.1, 0.15) is 92.4 Å². The molecule has 1 atom stereocenters. The van der Waals surface area contributed by atoms with Crippen molar-refractivity contribution in [3.8, 4) is 0 Å². The Balaban J connectivity index is 3.90. The van der Waals surface area contributed by atoms with E-state index in [1.807, 2.05) is 6.92 Å². The topological polar surface area (TPSA) is 52.6 Å². The number of carbonyl (C=O) groups excluding carboxylic acids is 2. The number of hydrogen-bond donors (Lipinski definition) is 0. The number of carbonyl (C=O) groups is 2. The lowest BCUT2D eigenvalue weighted by Gasteiger charge is -2.19. The van der Waals surface area contributed by atoms with Crippen LogP contribution in [0, 0.1) is 11.8 Å². The summed E-state index contributed by atoms with van der Waals surface area (Å²) >= 11 is 0. The molecule has 0 rings (SSSR count). The molecule has 0 fully saturated rings. The molecule has 0 spiro atoms. The minimum absolute atomic E-state index is 0.0276. The SMILES string of the molecule is CCC(CC)CCC(CC)OC(=O)CCC(=O)OCCCC(C)C. The van der Waals surface area contributed by atoms with Crippen molar-refractivity contribution in [2.45, 2.75) is 98.5 Å². The van der Waals surface area contributed by atoms with Crippen LogP contribution in [0.5, 0.6) is 0 Å². The van der Waals surface area contributed by atoms with Crippen LogP contribution in [0.15, 0.2) is 0 Å². The molecule has 1 unspecified atom stereocenters. The molecule has 0 aliphatic carbocycles. The van der Waals surface area contributed by atoms with Gasteiger partial charge in [0.25, 0.3) is 0 Å². The van der Waals surface area contributed by atoms with Gasteiger partial charge >= 0.3 is 11.9 Å². The van der Waals surface area contributed by atoms with Gasteiger partial charge in [-0.3, -0.25) is 9.59 Å². The molecule has 0 N–H and O–H groups in total. The Hall–Kier alpha value is -1.06. The Bertz CT molecular complexity index is 335. The molecular weight excluding hydrogens is 304 g/mol. The Morgan fingerprint density at radius 3 is 2.00 bits per heavy atom. The number of rotatable bonds is 14. The molecule has 0 bridgehead atoms. The van der Waals surface area contributed by atoms with Gasteiger partial charge in [0.1, 0.15) is 6.10 Å². The van der Waals surface area contributed by atoms with Crippen LogP contribution in [-0.4, -0.2) is 24.6 Å². The molecular formula is C20H38O4. The highest BCUT2D eigenvalue weighted by atomic mass is 16.5. The Morgan fingerprint density at radius 1 is 0.833 bits per heavy atom. The highest BCUT2D eigenvalue weighted by molar-refractivity contribution is 5.77. The van der Waals surface area contributed by atoms with Crippen LogP contribution >= 0.6 is 0 Å². The van der Waals surface area contributed by atoms with Crippen LogP contribution in [0.25, 0.3) is 0 Å². The molecule has 0 radical (unpaired) electrons. The summed E-state index contributed by atoms with van der Waals surface area (Å²) in [7, 11) is 0. The average Bonchev–Trinajstić information content (AvgIpc) is 2.56. The van der Waals surface area contributed by atoms with Gasteiger partial charge in [-0.05, 0) is 43.9 Å². The quantitative estimate of drug-likeness (QED) is 0.318. The van der Waals surface area contributed by atoms with Gasteiger partial charge in [0, 0.05) is 0 Å². The van der Waals surface area contributed by atoms with Gasteiger partial charge in [-0.15, -0.1) is 0 Å². The van der Waals surface area contributed by atoms with Crippen LogP contribution in [0.3, 0.4) is 0 Å². The molecule has 4 heteroatoms. The fourth-order valence-corrected chi connectivity index (χ4v) is 2.66. The largest absolute Gasteiger partial charge is 0.466 e. The first kappa shape index (κ1) is 22.9. The van der Waals surface area contributed by atoms with Crippen molar-refractivity contribution in [3.63, 3.8) is 0 Å². The van der Waals surface area contributed by atoms with E-state index in [9.17, 15) is 9.59 Å². The summed E-state index contributed by atoms with van der Waals surface area (Å²) < 4.78 is 10.6. The number of hydrogen-bond acceptors (Lipinski definition) is 4. The highest BCUT2D eigenvalue weighted by Gasteiger charge is 2.16. The van der Waals surface area contributed by atoms with E-state index in [0.717, 1.165) is 32.1 Å². The second-order valence-corrected chi connectivity index (χ2v) is 7.04. The molecule has 0 aliphatic heterocycles. The molecule has 0 aromatic carbocycles. The zero-order chi connectivity index (χ0) is 18.4. The summed E-state index contributed by atoms with van der Waals surface area (Å²) in [4.78, 5) is 23.5. The summed E-state index contributed by atoms with van der Waals surface area (Å²) in [5.74, 6) is 0.731. The summed E-state index contributed by atoms with van der Waals surface area (Å²) in [6.45, 7) is 11.2. The number of ether oxygens (including phenoxy) is 2. The molecule has 0 aromatic rings. The van der Waals surface area contributed by atoms with E-state index in [1.54, 1.807) is 0 Å². The van der Waals surface area contributed by atoms with Crippen molar-refractivity contribution in [1.29, 1.82) is 0 Å². The Morgan fingerprint density at radius 2 is 1.46 bits per heavy atom. The molecule has 0 saturated heterocycles. The van der Waals surface area contributed by atoms with Crippen LogP contribution < -0.4 is 0 Å². The van der Waals surface area contributed by atoms with E-state index in [1.165, 1.54) is 12.8 Å². The van der Waals surface area contributed by atoms with Crippen molar-refractivity contribution in [2.24, 2.45) is 11.8 Å². The summed E-state index contributed by atoms with van der Waals surface area (Å²) in [5.41, 5.74) is 0. The predicted molar refractivity (Wildman–Crippen MR) is 97.7 cm³/mol. The summed E-state index contributed by atoms with van der Waals surface area (Å²) in [6.07, 6.45) is 7.30. The minimum Gasteiger partial charge on any atom is -0.466 e. The van der Waals surface area contributed by atoms with Crippen molar-refractivity contribution < 1.29 is 19.1 Å². The van der Waals surface area contributed by atoms with Gasteiger partial charge in [-0.2, -0.15) is 0 Å². The van der Waals surface area contributed by atoms with Crippen LogP contribution in [0.2, 0.25) is 0 Å². The van der Waals surface area contributed by atoms with E-state index in [4.69, 9.17) is 9.47 Å². The first-order valence-electron chi connectivity index (χ1n) is 9.77. The maximum Gasteiger partial charge on any atom is 0.306 e. The standard InChI is InChI=1S/C20H38O4/c1-6-17(7-2)11-12-18(8-3)24-20(22)14-13-19(21)23-15-9-10-16(4)5/h16-18H,6-15H2,1-5H3. The van der Waals surface area contributed by atoms with Crippen molar-refractivity contribution in [3.05, 3.63) is 0 Å².